The van der Waals surface area contributed by atoms with E-state index in [-0.39, 0.29) is 12.2 Å². The minimum atomic E-state index is -1.36. The Morgan fingerprint density at radius 1 is 1.06 bits per heavy atom. The van der Waals surface area contributed by atoms with Gasteiger partial charge in [-0.15, -0.1) is 0 Å². The third kappa shape index (κ3) is 4.59. The number of hydrogen-bond acceptors (Lipinski definition) is 7. The van der Waals surface area contributed by atoms with Crippen molar-refractivity contribution in [3.05, 3.63) is 58.4 Å². The summed E-state index contributed by atoms with van der Waals surface area (Å²) in [4.78, 5) is 36.0. The number of carbonyl (C=O) groups excluding carboxylic acids is 1. The first-order valence-corrected chi connectivity index (χ1v) is 8.96. The van der Waals surface area contributed by atoms with E-state index in [1.54, 1.807) is 30.3 Å². The number of nitrogens with one attached hydrogen (secondary N) is 1. The van der Waals surface area contributed by atoms with Gasteiger partial charge in [0.05, 0.1) is 25.4 Å². The zero-order chi connectivity index (χ0) is 22.5. The number of carboxylic acids is 1. The molecule has 0 bridgehead atoms. The Hall–Kier alpha value is -4.05. The maximum Gasteiger partial charge on any atom is 0.411 e. The molecule has 0 saturated heterocycles. The van der Waals surface area contributed by atoms with E-state index in [1.165, 1.54) is 38.2 Å². The minimum absolute atomic E-state index is 0.00466. The van der Waals surface area contributed by atoms with Gasteiger partial charge in [0, 0.05) is 42.6 Å². The third-order valence-electron chi connectivity index (χ3n) is 4.39. The average molecular weight is 428 g/mol. The van der Waals surface area contributed by atoms with Gasteiger partial charge in [-0.25, -0.2) is 9.59 Å². The van der Waals surface area contributed by atoms with Crippen molar-refractivity contribution in [1.82, 2.24) is 4.57 Å². The molecule has 1 amide bonds. The quantitative estimate of drug-likeness (QED) is 0.551. The van der Waals surface area contributed by atoms with Crippen molar-refractivity contribution in [3.8, 4) is 17.2 Å². The number of fused-ring (bicyclic) bond motifs is 1. The summed E-state index contributed by atoms with van der Waals surface area (Å²) in [7, 11) is 4.15. The van der Waals surface area contributed by atoms with Crippen molar-refractivity contribution in [1.29, 1.82) is 0 Å². The summed E-state index contributed by atoms with van der Waals surface area (Å²) in [5, 5.41) is 12.2. The fraction of sp³-hybridized carbons (Fsp3) is 0.190. The number of carbonyl (C=O) groups is 2. The van der Waals surface area contributed by atoms with Gasteiger partial charge in [-0.2, -0.15) is 0 Å². The van der Waals surface area contributed by atoms with Crippen LogP contribution in [0.3, 0.4) is 0 Å². The van der Waals surface area contributed by atoms with Gasteiger partial charge in [-0.1, -0.05) is 0 Å². The van der Waals surface area contributed by atoms with Crippen molar-refractivity contribution >= 4 is 28.7 Å². The third-order valence-corrected chi connectivity index (χ3v) is 4.39. The average Bonchev–Trinajstić information content (AvgIpc) is 2.77. The number of ether oxygens (including phenoxy) is 4. The van der Waals surface area contributed by atoms with Gasteiger partial charge in [-0.05, 0) is 18.2 Å². The highest BCUT2D eigenvalue weighted by Gasteiger charge is 2.17. The number of hydrogen-bond donors (Lipinski definition) is 2. The first-order valence-electron chi connectivity index (χ1n) is 8.96. The van der Waals surface area contributed by atoms with Crippen molar-refractivity contribution in [2.75, 3.05) is 33.4 Å². The van der Waals surface area contributed by atoms with Gasteiger partial charge in [0.25, 0.3) is 0 Å². The molecule has 0 aliphatic carbocycles. The van der Waals surface area contributed by atoms with Gasteiger partial charge in [0.2, 0.25) is 5.43 Å². The van der Waals surface area contributed by atoms with E-state index in [1.807, 2.05) is 0 Å². The predicted molar refractivity (Wildman–Crippen MR) is 112 cm³/mol. The monoisotopic (exact) mass is 428 g/mol. The molecule has 162 valence electrons. The standard InChI is InChI=1S/C21H20N2O8/c1-28-11-31-14-4-5-16-18(9-14)23(10-17(19(16)24)20(25)26)13-6-12(22-21(27)30-3)7-15(8-13)29-2/h4-10H,11H2,1-3H3,(H,22,27)(H,25,26). The van der Waals surface area contributed by atoms with Crippen LogP contribution in [0.15, 0.2) is 47.4 Å². The van der Waals surface area contributed by atoms with Crippen LogP contribution in [0.1, 0.15) is 10.4 Å². The topological polar surface area (TPSA) is 125 Å². The van der Waals surface area contributed by atoms with Crippen molar-refractivity contribution in [3.63, 3.8) is 0 Å². The van der Waals surface area contributed by atoms with Crippen molar-refractivity contribution in [2.45, 2.75) is 0 Å². The molecule has 0 saturated carbocycles. The first kappa shape index (κ1) is 21.7. The molecule has 1 heterocycles. The molecule has 10 heteroatoms. The number of rotatable bonds is 7. The van der Waals surface area contributed by atoms with Gasteiger partial charge in [0.1, 0.15) is 17.1 Å². The van der Waals surface area contributed by atoms with Crippen LogP contribution in [-0.2, 0) is 9.47 Å². The molecule has 10 nitrogen and oxygen atoms in total. The van der Waals surface area contributed by atoms with E-state index >= 15 is 0 Å². The Labute approximate surface area is 176 Å². The molecular weight excluding hydrogens is 408 g/mol. The van der Waals surface area contributed by atoms with Crippen LogP contribution in [0.4, 0.5) is 10.5 Å². The number of aromatic carboxylic acids is 1. The molecule has 0 aliphatic rings. The molecule has 3 rings (SSSR count). The van der Waals surface area contributed by atoms with Crippen LogP contribution < -0.4 is 20.2 Å². The number of amides is 1. The molecule has 0 spiro atoms. The SMILES string of the molecule is COCOc1ccc2c(=O)c(C(=O)O)cn(-c3cc(NC(=O)OC)cc(OC)c3)c2c1. The molecule has 0 unspecified atom stereocenters. The molecule has 0 radical (unpaired) electrons. The number of methoxy groups -OCH3 is 3. The highest BCUT2D eigenvalue weighted by Crippen LogP contribution is 2.28. The summed E-state index contributed by atoms with van der Waals surface area (Å²) in [6, 6.07) is 9.40. The van der Waals surface area contributed by atoms with Gasteiger partial charge >= 0.3 is 12.1 Å². The predicted octanol–water partition coefficient (Wildman–Crippen LogP) is 2.86. The van der Waals surface area contributed by atoms with E-state index in [2.05, 4.69) is 10.1 Å². The maximum absolute atomic E-state index is 12.7. The normalized spacial score (nSPS) is 10.5. The van der Waals surface area contributed by atoms with E-state index < -0.39 is 23.1 Å². The number of anilines is 1. The lowest BCUT2D eigenvalue weighted by atomic mass is 10.1. The van der Waals surface area contributed by atoms with Crippen molar-refractivity contribution < 1.29 is 33.6 Å². The van der Waals surface area contributed by atoms with Crippen LogP contribution in [0.25, 0.3) is 16.6 Å². The largest absolute Gasteiger partial charge is 0.497 e. The van der Waals surface area contributed by atoms with E-state index in [0.29, 0.717) is 28.4 Å². The Bertz CT molecular complexity index is 1200. The fourth-order valence-electron chi connectivity index (χ4n) is 2.97. The lowest BCUT2D eigenvalue weighted by molar-refractivity contribution is 0.0512. The highest BCUT2D eigenvalue weighted by atomic mass is 16.7. The van der Waals surface area contributed by atoms with E-state index in [4.69, 9.17) is 14.2 Å². The molecule has 0 fully saturated rings. The van der Waals surface area contributed by atoms with Crippen LogP contribution in [-0.4, -0.2) is 49.9 Å². The summed E-state index contributed by atoms with van der Waals surface area (Å²) in [5.74, 6) is -0.558. The second kappa shape index (κ2) is 9.18. The molecule has 3 aromatic rings. The van der Waals surface area contributed by atoms with Gasteiger partial charge in [-0.3, -0.25) is 10.1 Å². The zero-order valence-electron chi connectivity index (χ0n) is 17.0. The summed E-state index contributed by atoms with van der Waals surface area (Å²) >= 11 is 0. The highest BCUT2D eigenvalue weighted by molar-refractivity contribution is 5.94. The molecule has 0 atom stereocenters. The number of benzene rings is 2. The second-order valence-corrected chi connectivity index (χ2v) is 6.31. The minimum Gasteiger partial charge on any atom is -0.497 e. The van der Waals surface area contributed by atoms with Crippen LogP contribution in [0.2, 0.25) is 0 Å². The van der Waals surface area contributed by atoms with Crippen LogP contribution in [0, 0.1) is 0 Å². The van der Waals surface area contributed by atoms with Gasteiger partial charge in [0.15, 0.2) is 6.79 Å². The second-order valence-electron chi connectivity index (χ2n) is 6.31. The Morgan fingerprint density at radius 3 is 2.48 bits per heavy atom. The zero-order valence-corrected chi connectivity index (χ0v) is 17.0. The van der Waals surface area contributed by atoms with Crippen LogP contribution >= 0.6 is 0 Å². The molecule has 31 heavy (non-hydrogen) atoms. The summed E-state index contributed by atoms with van der Waals surface area (Å²) in [5.41, 5.74) is 0.121. The molecule has 2 aromatic carbocycles. The number of nitrogens with zero attached hydrogens (tertiary/aromatic N) is 1. The lowest BCUT2D eigenvalue weighted by Gasteiger charge is -2.16. The van der Waals surface area contributed by atoms with E-state index in [9.17, 15) is 19.5 Å². The number of carboxylic acid groups (broad SMARTS) is 1. The Balaban J connectivity index is 2.29. The maximum atomic E-state index is 12.7. The lowest BCUT2D eigenvalue weighted by Crippen LogP contribution is -2.18. The van der Waals surface area contributed by atoms with E-state index in [0.717, 1.165) is 0 Å². The number of pyridine rings is 1. The summed E-state index contributed by atoms with van der Waals surface area (Å²) in [6.45, 7) is -0.00466. The smallest absolute Gasteiger partial charge is 0.411 e. The fourth-order valence-corrected chi connectivity index (χ4v) is 2.97. The van der Waals surface area contributed by atoms with Crippen molar-refractivity contribution in [2.24, 2.45) is 0 Å². The Kier molecular flexibility index (Phi) is 6.41. The Morgan fingerprint density at radius 2 is 1.84 bits per heavy atom. The van der Waals surface area contributed by atoms with Gasteiger partial charge < -0.3 is 28.6 Å². The summed E-state index contributed by atoms with van der Waals surface area (Å²) in [6.07, 6.45) is 0.523. The number of aromatic nitrogens is 1. The molecule has 0 aliphatic heterocycles. The first-order chi connectivity index (χ1) is 14.9. The van der Waals surface area contributed by atoms with Crippen LogP contribution in [0.5, 0.6) is 11.5 Å². The molecular formula is C21H20N2O8. The summed E-state index contributed by atoms with van der Waals surface area (Å²) < 4.78 is 21.8. The molecule has 1 aromatic heterocycles. The molecule has 2 N–H and O–H groups in total.